The van der Waals surface area contributed by atoms with Crippen molar-refractivity contribution in [2.24, 2.45) is 0 Å². The Bertz CT molecular complexity index is 528. The Hall–Kier alpha value is -2.11. The molecule has 17 heavy (non-hydrogen) atoms. The molecule has 0 unspecified atom stereocenters. The van der Waals surface area contributed by atoms with Crippen LogP contribution in [0.25, 0.3) is 11.3 Å². The molecule has 1 aromatic carbocycles. The minimum atomic E-state index is -4.44. The Morgan fingerprint density at radius 2 is 1.82 bits per heavy atom. The van der Waals surface area contributed by atoms with Crippen molar-refractivity contribution >= 4 is 6.29 Å². The van der Waals surface area contributed by atoms with Crippen molar-refractivity contribution < 1.29 is 18.0 Å². The van der Waals surface area contributed by atoms with Crippen molar-refractivity contribution in [1.29, 1.82) is 0 Å². The van der Waals surface area contributed by atoms with Crippen molar-refractivity contribution in [2.45, 2.75) is 6.18 Å². The molecule has 0 atom stereocenters. The molecule has 0 amide bonds. The highest BCUT2D eigenvalue weighted by Crippen LogP contribution is 2.30. The van der Waals surface area contributed by atoms with Crippen molar-refractivity contribution in [3.63, 3.8) is 0 Å². The highest BCUT2D eigenvalue weighted by molar-refractivity contribution is 5.76. The van der Waals surface area contributed by atoms with Crippen LogP contribution in [0.4, 0.5) is 13.2 Å². The van der Waals surface area contributed by atoms with Crippen molar-refractivity contribution in [1.82, 2.24) is 10.2 Å². The fraction of sp³-hybridized carbons (Fsp3) is 0.0909. The minimum Gasteiger partial charge on any atom is -0.298 e. The molecular formula is C11H7F3N2O. The lowest BCUT2D eigenvalue weighted by molar-refractivity contribution is -0.141. The number of carbonyl (C=O) groups excluding carboxylic acids is 1. The molecule has 3 nitrogen and oxygen atoms in total. The number of benzene rings is 1. The topological polar surface area (TPSA) is 45.8 Å². The van der Waals surface area contributed by atoms with Gasteiger partial charge in [0.15, 0.2) is 0 Å². The molecular weight excluding hydrogens is 233 g/mol. The van der Waals surface area contributed by atoms with Gasteiger partial charge in [-0.3, -0.25) is 9.89 Å². The Morgan fingerprint density at radius 3 is 2.29 bits per heavy atom. The molecule has 6 heteroatoms. The first-order valence-electron chi connectivity index (χ1n) is 4.69. The largest absolute Gasteiger partial charge is 0.432 e. The molecule has 1 N–H and O–H groups in total. The summed E-state index contributed by atoms with van der Waals surface area (Å²) >= 11 is 0. The molecule has 0 bridgehead atoms. The van der Waals surface area contributed by atoms with E-state index in [1.54, 1.807) is 12.1 Å². The van der Waals surface area contributed by atoms with E-state index in [2.05, 4.69) is 5.10 Å². The molecule has 0 saturated heterocycles. The zero-order chi connectivity index (χ0) is 12.5. The van der Waals surface area contributed by atoms with Crippen LogP contribution in [-0.2, 0) is 6.18 Å². The van der Waals surface area contributed by atoms with Gasteiger partial charge in [0, 0.05) is 11.1 Å². The number of aromatic amines is 1. The minimum absolute atomic E-state index is 0.190. The van der Waals surface area contributed by atoms with Crippen LogP contribution in [0.15, 0.2) is 30.3 Å². The first kappa shape index (κ1) is 11.4. The molecule has 2 aromatic rings. The van der Waals surface area contributed by atoms with E-state index in [0.717, 1.165) is 6.07 Å². The predicted octanol–water partition coefficient (Wildman–Crippen LogP) is 2.91. The lowest BCUT2D eigenvalue weighted by Gasteiger charge is -2.00. The number of carbonyl (C=O) groups is 1. The zero-order valence-corrected chi connectivity index (χ0v) is 8.45. The second kappa shape index (κ2) is 4.04. The Labute approximate surface area is 94.3 Å². The molecule has 0 radical (unpaired) electrons. The van der Waals surface area contributed by atoms with Gasteiger partial charge < -0.3 is 0 Å². The summed E-state index contributed by atoms with van der Waals surface area (Å²) in [6, 6.07) is 7.05. The molecule has 0 aliphatic rings. The van der Waals surface area contributed by atoms with Crippen LogP contribution < -0.4 is 0 Å². The maximum absolute atomic E-state index is 12.3. The number of nitrogens with zero attached hydrogens (tertiary/aromatic N) is 1. The van der Waals surface area contributed by atoms with Crippen molar-refractivity contribution in [2.75, 3.05) is 0 Å². The number of halogens is 3. The highest BCUT2D eigenvalue weighted by Gasteiger charge is 2.33. The number of hydrogen-bond donors (Lipinski definition) is 1. The van der Waals surface area contributed by atoms with Gasteiger partial charge in [0.2, 0.25) is 0 Å². The molecule has 1 aromatic heterocycles. The SMILES string of the molecule is O=Cc1ccc(-c2cc(C(F)(F)F)[nH]n2)cc1. The molecule has 0 aliphatic carbocycles. The van der Waals surface area contributed by atoms with E-state index >= 15 is 0 Å². The quantitative estimate of drug-likeness (QED) is 0.820. The number of nitrogens with one attached hydrogen (secondary N) is 1. The summed E-state index contributed by atoms with van der Waals surface area (Å²) in [7, 11) is 0. The van der Waals surface area contributed by atoms with Crippen LogP contribution in [0, 0.1) is 0 Å². The molecule has 88 valence electrons. The van der Waals surface area contributed by atoms with Crippen LogP contribution in [0.3, 0.4) is 0 Å². The van der Waals surface area contributed by atoms with Crippen LogP contribution in [0.5, 0.6) is 0 Å². The van der Waals surface area contributed by atoms with Crippen molar-refractivity contribution in [3.05, 3.63) is 41.6 Å². The van der Waals surface area contributed by atoms with Gasteiger partial charge in [0.05, 0.1) is 5.69 Å². The van der Waals surface area contributed by atoms with Crippen LogP contribution in [0.1, 0.15) is 16.1 Å². The summed E-state index contributed by atoms with van der Waals surface area (Å²) < 4.78 is 37.0. The Balaban J connectivity index is 2.33. The van der Waals surface area contributed by atoms with Gasteiger partial charge in [-0.1, -0.05) is 24.3 Å². The van der Waals surface area contributed by atoms with Gasteiger partial charge in [0.1, 0.15) is 12.0 Å². The summed E-state index contributed by atoms with van der Waals surface area (Å²) in [5, 5.41) is 5.50. The van der Waals surface area contributed by atoms with E-state index < -0.39 is 11.9 Å². The van der Waals surface area contributed by atoms with Crippen LogP contribution in [-0.4, -0.2) is 16.5 Å². The third-order valence-electron chi connectivity index (χ3n) is 2.23. The normalized spacial score (nSPS) is 11.5. The van der Waals surface area contributed by atoms with E-state index in [-0.39, 0.29) is 5.69 Å². The van der Waals surface area contributed by atoms with Crippen LogP contribution in [0.2, 0.25) is 0 Å². The molecule has 0 spiro atoms. The second-order valence-corrected chi connectivity index (χ2v) is 3.40. The van der Waals surface area contributed by atoms with Gasteiger partial charge in [-0.2, -0.15) is 18.3 Å². The summed E-state index contributed by atoms with van der Waals surface area (Å²) in [5.74, 6) is 0. The van der Waals surface area contributed by atoms with E-state index in [0.29, 0.717) is 17.4 Å². The summed E-state index contributed by atoms with van der Waals surface area (Å²) in [5.41, 5.74) is 0.268. The molecule has 1 heterocycles. The van der Waals surface area contributed by atoms with E-state index in [1.165, 1.54) is 12.1 Å². The smallest absolute Gasteiger partial charge is 0.298 e. The fourth-order valence-electron chi connectivity index (χ4n) is 1.35. The molecule has 2 rings (SSSR count). The standard InChI is InChI=1S/C11H7F3N2O/c12-11(13,14)10-5-9(15-16-10)8-3-1-7(6-17)2-4-8/h1-6H,(H,15,16). The average Bonchev–Trinajstić information content (AvgIpc) is 2.78. The molecule has 0 aliphatic heterocycles. The predicted molar refractivity (Wildman–Crippen MR) is 54.4 cm³/mol. The van der Waals surface area contributed by atoms with Gasteiger partial charge >= 0.3 is 6.18 Å². The summed E-state index contributed by atoms with van der Waals surface area (Å²) in [6.45, 7) is 0. The number of H-pyrrole nitrogens is 1. The fourth-order valence-corrected chi connectivity index (χ4v) is 1.35. The zero-order valence-electron chi connectivity index (χ0n) is 8.45. The van der Waals surface area contributed by atoms with Crippen LogP contribution >= 0.6 is 0 Å². The van der Waals surface area contributed by atoms with Gasteiger partial charge in [-0.15, -0.1) is 0 Å². The van der Waals surface area contributed by atoms with Gasteiger partial charge in [-0.05, 0) is 6.07 Å². The second-order valence-electron chi connectivity index (χ2n) is 3.40. The van der Waals surface area contributed by atoms with Gasteiger partial charge in [0.25, 0.3) is 0 Å². The van der Waals surface area contributed by atoms with E-state index in [4.69, 9.17) is 0 Å². The summed E-state index contributed by atoms with van der Waals surface area (Å²) in [4.78, 5) is 10.4. The lowest BCUT2D eigenvalue weighted by atomic mass is 10.1. The van der Waals surface area contributed by atoms with E-state index in [1.807, 2.05) is 5.10 Å². The van der Waals surface area contributed by atoms with Crippen molar-refractivity contribution in [3.8, 4) is 11.3 Å². The van der Waals surface area contributed by atoms with E-state index in [9.17, 15) is 18.0 Å². The number of alkyl halides is 3. The highest BCUT2D eigenvalue weighted by atomic mass is 19.4. The third-order valence-corrected chi connectivity index (χ3v) is 2.23. The monoisotopic (exact) mass is 240 g/mol. The maximum Gasteiger partial charge on any atom is 0.432 e. The maximum atomic E-state index is 12.3. The molecule has 0 saturated carbocycles. The number of aromatic nitrogens is 2. The van der Waals surface area contributed by atoms with Gasteiger partial charge in [-0.25, -0.2) is 0 Å². The third kappa shape index (κ3) is 2.35. The number of hydrogen-bond acceptors (Lipinski definition) is 2. The number of rotatable bonds is 2. The lowest BCUT2D eigenvalue weighted by Crippen LogP contribution is -2.04. The average molecular weight is 240 g/mol. The first-order chi connectivity index (χ1) is 8.00. The summed E-state index contributed by atoms with van der Waals surface area (Å²) in [6.07, 6.45) is -3.77. The molecule has 0 fully saturated rings. The Morgan fingerprint density at radius 1 is 1.18 bits per heavy atom. The first-order valence-corrected chi connectivity index (χ1v) is 4.69. The Kier molecular flexibility index (Phi) is 2.71. The number of aldehydes is 1.